The van der Waals surface area contributed by atoms with Gasteiger partial charge < -0.3 is 0 Å². The van der Waals surface area contributed by atoms with Gasteiger partial charge in [0.25, 0.3) is 0 Å². The van der Waals surface area contributed by atoms with Crippen molar-refractivity contribution in [3.8, 4) is 11.1 Å². The summed E-state index contributed by atoms with van der Waals surface area (Å²) in [5, 5.41) is 0.0334. The SMILES string of the molecule is CC(CCC(Cl)[CH](Cl)[Zr])(C1=CC=CC1)C1c2ccccc2-c2ccccc21. The fraction of sp³-hybridized carbons (Fsp3) is 0.333. The number of allylic oxidation sites excluding steroid dienone is 4. The van der Waals surface area contributed by atoms with Crippen LogP contribution in [-0.4, -0.2) is 8.46 Å². The van der Waals surface area contributed by atoms with Crippen molar-refractivity contribution in [2.45, 2.75) is 40.6 Å². The summed E-state index contributed by atoms with van der Waals surface area (Å²) in [5.41, 5.74) is 7.21. The van der Waals surface area contributed by atoms with Gasteiger partial charge in [0.2, 0.25) is 0 Å². The molecule has 4 rings (SSSR count). The van der Waals surface area contributed by atoms with Crippen molar-refractivity contribution < 1.29 is 24.7 Å². The van der Waals surface area contributed by atoms with Crippen molar-refractivity contribution in [3.05, 3.63) is 83.5 Å². The number of benzene rings is 2. The summed E-state index contributed by atoms with van der Waals surface area (Å²) < 4.78 is 0.0712. The quantitative estimate of drug-likeness (QED) is 0.390. The van der Waals surface area contributed by atoms with Crippen molar-refractivity contribution >= 4 is 23.2 Å². The molecule has 3 heteroatoms. The van der Waals surface area contributed by atoms with Crippen LogP contribution >= 0.6 is 23.2 Å². The molecule has 0 heterocycles. The van der Waals surface area contributed by atoms with E-state index in [1.165, 1.54) is 52.5 Å². The predicted octanol–water partition coefficient (Wildman–Crippen LogP) is 7.19. The van der Waals surface area contributed by atoms with Gasteiger partial charge in [0.1, 0.15) is 0 Å². The van der Waals surface area contributed by atoms with Crippen LogP contribution in [-0.2, 0) is 24.7 Å². The third kappa shape index (κ3) is 3.57. The average Bonchev–Trinajstić information content (AvgIpc) is 3.32. The number of halogens is 2. The van der Waals surface area contributed by atoms with Crippen LogP contribution in [0.5, 0.6) is 0 Å². The van der Waals surface area contributed by atoms with E-state index in [-0.39, 0.29) is 13.9 Å². The van der Waals surface area contributed by atoms with Gasteiger partial charge in [-0.15, -0.1) is 0 Å². The molecule has 0 saturated carbocycles. The van der Waals surface area contributed by atoms with E-state index in [1.54, 1.807) is 0 Å². The van der Waals surface area contributed by atoms with Gasteiger partial charge in [-0.05, 0) is 0 Å². The summed E-state index contributed by atoms with van der Waals surface area (Å²) in [6.07, 6.45) is 9.81. The fourth-order valence-electron chi connectivity index (χ4n) is 4.79. The summed E-state index contributed by atoms with van der Waals surface area (Å²) in [5.74, 6) is 0.360. The molecule has 2 aromatic rings. The van der Waals surface area contributed by atoms with Gasteiger partial charge in [0.15, 0.2) is 0 Å². The fourth-order valence-corrected chi connectivity index (χ4v) is 5.43. The van der Waals surface area contributed by atoms with Crippen LogP contribution in [0.2, 0.25) is 0 Å². The van der Waals surface area contributed by atoms with Crippen LogP contribution in [0.3, 0.4) is 0 Å². The Morgan fingerprint density at radius 1 is 1.04 bits per heavy atom. The van der Waals surface area contributed by atoms with Crippen molar-refractivity contribution in [1.82, 2.24) is 0 Å². The normalized spacial score (nSPS) is 19.9. The zero-order chi connectivity index (χ0) is 19.0. The molecule has 0 aliphatic heterocycles. The summed E-state index contributed by atoms with van der Waals surface area (Å²) in [4.78, 5) is 0. The third-order valence-electron chi connectivity index (χ3n) is 6.23. The second-order valence-corrected chi connectivity index (χ2v) is 11.3. The minimum atomic E-state index is 0.0290. The maximum absolute atomic E-state index is 6.59. The van der Waals surface area contributed by atoms with E-state index >= 15 is 0 Å². The standard InChI is InChI=1S/C24H23Cl2.Zr/c1-24(15-14-18(26)16-25,17-8-2-3-9-17)23-21-12-6-4-10-19(21)20-11-5-7-13-22(20)23;/h2-8,10-13,16,18,23H,9,14-15H2,1H3;. The summed E-state index contributed by atoms with van der Waals surface area (Å²) >= 11 is 14.2. The zero-order valence-electron chi connectivity index (χ0n) is 15.5. The van der Waals surface area contributed by atoms with Crippen molar-refractivity contribution in [2.75, 3.05) is 0 Å². The maximum atomic E-state index is 6.59. The Bertz CT molecular complexity index is 853. The van der Waals surface area contributed by atoms with Gasteiger partial charge in [-0.1, -0.05) is 0 Å². The van der Waals surface area contributed by atoms with Crippen LogP contribution in [0.1, 0.15) is 43.2 Å². The van der Waals surface area contributed by atoms with E-state index in [0.29, 0.717) is 5.92 Å². The van der Waals surface area contributed by atoms with E-state index < -0.39 is 0 Å². The monoisotopic (exact) mass is 471 g/mol. The third-order valence-corrected chi connectivity index (χ3v) is 8.64. The molecule has 0 N–H and O–H groups in total. The first-order valence-electron chi connectivity index (χ1n) is 9.56. The molecule has 0 radical (unpaired) electrons. The second kappa shape index (κ2) is 8.02. The van der Waals surface area contributed by atoms with Crippen LogP contribution < -0.4 is 0 Å². The topological polar surface area (TPSA) is 0 Å². The molecular formula is C24H23Cl2Zr. The van der Waals surface area contributed by atoms with E-state index in [0.717, 1.165) is 19.3 Å². The molecule has 0 saturated heterocycles. The Balaban J connectivity index is 1.80. The molecule has 0 bridgehead atoms. The molecule has 0 aromatic heterocycles. The molecule has 2 aromatic carbocycles. The molecule has 2 aliphatic rings. The van der Waals surface area contributed by atoms with E-state index in [2.05, 4.69) is 73.7 Å². The zero-order valence-corrected chi connectivity index (χ0v) is 19.4. The van der Waals surface area contributed by atoms with Gasteiger partial charge >= 0.3 is 188 Å². The van der Waals surface area contributed by atoms with Crippen LogP contribution in [0.4, 0.5) is 0 Å². The average molecular weight is 474 g/mol. The second-order valence-electron chi connectivity index (χ2n) is 7.81. The van der Waals surface area contributed by atoms with Gasteiger partial charge in [-0.3, -0.25) is 0 Å². The number of hydrogen-bond donors (Lipinski definition) is 0. The Kier molecular flexibility index (Phi) is 5.85. The molecule has 137 valence electrons. The van der Waals surface area contributed by atoms with Gasteiger partial charge in [0, 0.05) is 0 Å². The predicted molar refractivity (Wildman–Crippen MR) is 112 cm³/mol. The molecular weight excluding hydrogens is 450 g/mol. The molecule has 2 aliphatic carbocycles. The Morgan fingerprint density at radius 2 is 1.63 bits per heavy atom. The van der Waals surface area contributed by atoms with Crippen molar-refractivity contribution in [3.63, 3.8) is 0 Å². The number of fused-ring (bicyclic) bond motifs is 3. The molecule has 27 heavy (non-hydrogen) atoms. The van der Waals surface area contributed by atoms with Crippen molar-refractivity contribution in [2.24, 2.45) is 5.41 Å². The molecule has 0 amide bonds. The van der Waals surface area contributed by atoms with E-state index in [9.17, 15) is 0 Å². The number of hydrogen-bond acceptors (Lipinski definition) is 0. The number of rotatable bonds is 6. The molecule has 3 atom stereocenters. The molecule has 0 spiro atoms. The first-order valence-corrected chi connectivity index (χ1v) is 11.9. The van der Waals surface area contributed by atoms with Crippen LogP contribution in [0.15, 0.2) is 72.3 Å². The van der Waals surface area contributed by atoms with Crippen LogP contribution in [0, 0.1) is 5.41 Å². The first kappa shape index (κ1) is 19.7. The molecule has 0 nitrogen and oxygen atoms in total. The Labute approximate surface area is 187 Å². The van der Waals surface area contributed by atoms with Gasteiger partial charge in [-0.2, -0.15) is 0 Å². The summed E-state index contributed by atoms with van der Waals surface area (Å²) in [6, 6.07) is 17.8. The Hall–Kier alpha value is -0.617. The van der Waals surface area contributed by atoms with Crippen LogP contribution in [0.25, 0.3) is 11.1 Å². The number of alkyl halides is 2. The first-order chi connectivity index (χ1) is 13.0. The molecule has 3 unspecified atom stereocenters. The van der Waals surface area contributed by atoms with E-state index in [1.807, 2.05) is 0 Å². The summed E-state index contributed by atoms with van der Waals surface area (Å²) in [7, 11) is 0. The summed E-state index contributed by atoms with van der Waals surface area (Å²) in [6.45, 7) is 2.44. The van der Waals surface area contributed by atoms with E-state index in [4.69, 9.17) is 23.2 Å². The molecule has 0 fully saturated rings. The Morgan fingerprint density at radius 3 is 2.15 bits per heavy atom. The minimum absolute atomic E-state index is 0.0290. The van der Waals surface area contributed by atoms with Gasteiger partial charge in [-0.25, -0.2) is 0 Å². The van der Waals surface area contributed by atoms with Crippen molar-refractivity contribution in [1.29, 1.82) is 0 Å². The van der Waals surface area contributed by atoms with Gasteiger partial charge in [0.05, 0.1) is 0 Å².